The first kappa shape index (κ1) is 17.2. The van der Waals surface area contributed by atoms with Gasteiger partial charge >= 0.3 is 0 Å². The van der Waals surface area contributed by atoms with Crippen LogP contribution in [0.4, 0.5) is 5.13 Å². The monoisotopic (exact) mass is 335 g/mol. The summed E-state index contributed by atoms with van der Waals surface area (Å²) in [6.45, 7) is 5.92. The number of ether oxygens (including phenoxy) is 2. The Kier molecular flexibility index (Phi) is 5.92. The van der Waals surface area contributed by atoms with Crippen LogP contribution < -0.4 is 14.8 Å². The van der Waals surface area contributed by atoms with Gasteiger partial charge in [0.2, 0.25) is 5.13 Å². The minimum absolute atomic E-state index is 0.256. The van der Waals surface area contributed by atoms with Crippen LogP contribution in [0, 0.1) is 5.92 Å². The van der Waals surface area contributed by atoms with E-state index in [-0.39, 0.29) is 5.91 Å². The molecule has 2 aromatic rings. The van der Waals surface area contributed by atoms with Gasteiger partial charge in [0.15, 0.2) is 6.10 Å². The Morgan fingerprint density at radius 1 is 1.17 bits per heavy atom. The molecule has 7 heteroatoms. The predicted octanol–water partition coefficient (Wildman–Crippen LogP) is 3.15. The van der Waals surface area contributed by atoms with Crippen LogP contribution in [0.1, 0.15) is 25.8 Å². The SMILES string of the molecule is COc1ccc(OC(C)C(=O)Nc2nnc(CC(C)C)s2)cc1. The first-order valence-corrected chi connectivity index (χ1v) is 8.23. The molecule has 1 amide bonds. The van der Waals surface area contributed by atoms with Crippen molar-refractivity contribution in [2.75, 3.05) is 12.4 Å². The number of nitrogens with zero attached hydrogens (tertiary/aromatic N) is 2. The van der Waals surface area contributed by atoms with Crippen molar-refractivity contribution in [3.63, 3.8) is 0 Å². The maximum Gasteiger partial charge on any atom is 0.266 e. The van der Waals surface area contributed by atoms with Crippen molar-refractivity contribution >= 4 is 22.4 Å². The molecule has 0 aliphatic rings. The number of rotatable bonds is 7. The van der Waals surface area contributed by atoms with Gasteiger partial charge in [-0.25, -0.2) is 0 Å². The largest absolute Gasteiger partial charge is 0.497 e. The van der Waals surface area contributed by atoms with E-state index in [1.54, 1.807) is 38.3 Å². The number of nitrogens with one attached hydrogen (secondary N) is 1. The molecule has 1 aromatic carbocycles. The third kappa shape index (κ3) is 5.21. The summed E-state index contributed by atoms with van der Waals surface area (Å²) in [5.74, 6) is 1.59. The molecule has 0 aliphatic carbocycles. The van der Waals surface area contributed by atoms with E-state index in [1.807, 2.05) is 0 Å². The molecule has 0 saturated carbocycles. The van der Waals surface area contributed by atoms with E-state index in [1.165, 1.54) is 11.3 Å². The molecular weight excluding hydrogens is 314 g/mol. The number of carbonyl (C=O) groups is 1. The Labute approximate surface area is 139 Å². The van der Waals surface area contributed by atoms with Crippen LogP contribution in [0.5, 0.6) is 11.5 Å². The number of hydrogen-bond acceptors (Lipinski definition) is 6. The Bertz CT molecular complexity index is 640. The standard InChI is InChI=1S/C16H21N3O3S/c1-10(2)9-14-18-19-16(23-14)17-15(20)11(3)22-13-7-5-12(21-4)6-8-13/h5-8,10-11H,9H2,1-4H3,(H,17,19,20). The highest BCUT2D eigenvalue weighted by Crippen LogP contribution is 2.20. The summed E-state index contributed by atoms with van der Waals surface area (Å²) in [6, 6.07) is 7.08. The van der Waals surface area contributed by atoms with Crippen molar-refractivity contribution in [3.8, 4) is 11.5 Å². The number of anilines is 1. The van der Waals surface area contributed by atoms with Gasteiger partial charge in [0.1, 0.15) is 16.5 Å². The van der Waals surface area contributed by atoms with Gasteiger partial charge < -0.3 is 9.47 Å². The van der Waals surface area contributed by atoms with Gasteiger partial charge in [0.05, 0.1) is 7.11 Å². The lowest BCUT2D eigenvalue weighted by atomic mass is 10.1. The molecule has 0 bridgehead atoms. The zero-order valence-electron chi connectivity index (χ0n) is 13.7. The molecule has 0 fully saturated rings. The lowest BCUT2D eigenvalue weighted by Gasteiger charge is -2.13. The van der Waals surface area contributed by atoms with Gasteiger partial charge in [-0.3, -0.25) is 10.1 Å². The molecule has 1 atom stereocenters. The molecule has 0 spiro atoms. The quantitative estimate of drug-likeness (QED) is 0.841. The van der Waals surface area contributed by atoms with Gasteiger partial charge in [-0.1, -0.05) is 25.2 Å². The zero-order valence-corrected chi connectivity index (χ0v) is 14.5. The molecule has 1 heterocycles. The van der Waals surface area contributed by atoms with E-state index < -0.39 is 6.10 Å². The average Bonchev–Trinajstić information content (AvgIpc) is 2.94. The smallest absolute Gasteiger partial charge is 0.266 e. The molecule has 0 aliphatic heterocycles. The van der Waals surface area contributed by atoms with Crippen LogP contribution in [0.15, 0.2) is 24.3 Å². The molecule has 23 heavy (non-hydrogen) atoms. The third-order valence-electron chi connectivity index (χ3n) is 3.02. The highest BCUT2D eigenvalue weighted by molar-refractivity contribution is 7.15. The highest BCUT2D eigenvalue weighted by Gasteiger charge is 2.17. The van der Waals surface area contributed by atoms with Crippen LogP contribution in [-0.2, 0) is 11.2 Å². The minimum Gasteiger partial charge on any atom is -0.497 e. The van der Waals surface area contributed by atoms with Gasteiger partial charge in [0.25, 0.3) is 5.91 Å². The predicted molar refractivity (Wildman–Crippen MR) is 90.2 cm³/mol. The number of aromatic nitrogens is 2. The minimum atomic E-state index is -0.638. The van der Waals surface area contributed by atoms with E-state index in [2.05, 4.69) is 29.4 Å². The Hall–Kier alpha value is -2.15. The van der Waals surface area contributed by atoms with Gasteiger partial charge in [0, 0.05) is 6.42 Å². The summed E-state index contributed by atoms with van der Waals surface area (Å²) in [4.78, 5) is 12.1. The second-order valence-electron chi connectivity index (χ2n) is 5.52. The Balaban J connectivity index is 1.90. The lowest BCUT2D eigenvalue weighted by molar-refractivity contribution is -0.122. The van der Waals surface area contributed by atoms with Crippen molar-refractivity contribution in [3.05, 3.63) is 29.3 Å². The van der Waals surface area contributed by atoms with E-state index in [9.17, 15) is 4.79 Å². The van der Waals surface area contributed by atoms with Gasteiger partial charge in [-0.2, -0.15) is 0 Å². The summed E-state index contributed by atoms with van der Waals surface area (Å²) in [7, 11) is 1.60. The summed E-state index contributed by atoms with van der Waals surface area (Å²) < 4.78 is 10.7. The van der Waals surface area contributed by atoms with Crippen LogP contribution in [-0.4, -0.2) is 29.3 Å². The van der Waals surface area contributed by atoms with Crippen LogP contribution in [0.25, 0.3) is 0 Å². The summed E-state index contributed by atoms with van der Waals surface area (Å²) in [5.41, 5.74) is 0. The average molecular weight is 335 g/mol. The molecule has 1 unspecified atom stereocenters. The number of hydrogen-bond donors (Lipinski definition) is 1. The van der Waals surface area contributed by atoms with Crippen molar-refractivity contribution in [1.82, 2.24) is 10.2 Å². The Morgan fingerprint density at radius 2 is 1.83 bits per heavy atom. The van der Waals surface area contributed by atoms with Crippen molar-refractivity contribution in [2.45, 2.75) is 33.3 Å². The van der Waals surface area contributed by atoms with E-state index in [0.717, 1.165) is 17.2 Å². The molecule has 0 radical (unpaired) electrons. The highest BCUT2D eigenvalue weighted by atomic mass is 32.1. The van der Waals surface area contributed by atoms with Crippen molar-refractivity contribution in [2.24, 2.45) is 5.92 Å². The topological polar surface area (TPSA) is 73.3 Å². The van der Waals surface area contributed by atoms with Crippen molar-refractivity contribution in [1.29, 1.82) is 0 Å². The molecule has 2 rings (SSSR count). The fourth-order valence-electron chi connectivity index (χ4n) is 1.85. The second kappa shape index (κ2) is 7.92. The first-order chi connectivity index (χ1) is 11.0. The summed E-state index contributed by atoms with van der Waals surface area (Å²) in [6.07, 6.45) is 0.215. The number of carbonyl (C=O) groups excluding carboxylic acids is 1. The number of benzene rings is 1. The van der Waals surface area contributed by atoms with Gasteiger partial charge in [-0.05, 0) is 37.1 Å². The zero-order chi connectivity index (χ0) is 16.8. The number of methoxy groups -OCH3 is 1. The van der Waals surface area contributed by atoms with Gasteiger partial charge in [-0.15, -0.1) is 10.2 Å². The maximum atomic E-state index is 12.1. The lowest BCUT2D eigenvalue weighted by Crippen LogP contribution is -2.30. The first-order valence-electron chi connectivity index (χ1n) is 7.42. The fourth-order valence-corrected chi connectivity index (χ4v) is 2.81. The third-order valence-corrected chi connectivity index (χ3v) is 3.88. The van der Waals surface area contributed by atoms with Crippen LogP contribution >= 0.6 is 11.3 Å². The fraction of sp³-hybridized carbons (Fsp3) is 0.438. The molecule has 124 valence electrons. The van der Waals surface area contributed by atoms with Crippen LogP contribution in [0.2, 0.25) is 0 Å². The second-order valence-corrected chi connectivity index (χ2v) is 6.59. The molecular formula is C16H21N3O3S. The molecule has 6 nitrogen and oxygen atoms in total. The van der Waals surface area contributed by atoms with E-state index in [0.29, 0.717) is 16.8 Å². The molecule has 1 N–H and O–H groups in total. The van der Waals surface area contributed by atoms with E-state index >= 15 is 0 Å². The van der Waals surface area contributed by atoms with E-state index in [4.69, 9.17) is 9.47 Å². The normalized spacial score (nSPS) is 12.0. The van der Waals surface area contributed by atoms with Crippen molar-refractivity contribution < 1.29 is 14.3 Å². The maximum absolute atomic E-state index is 12.1. The summed E-state index contributed by atoms with van der Waals surface area (Å²) in [5, 5.41) is 12.2. The van der Waals surface area contributed by atoms with Crippen LogP contribution in [0.3, 0.4) is 0 Å². The number of amides is 1. The summed E-state index contributed by atoms with van der Waals surface area (Å²) >= 11 is 1.39. The Morgan fingerprint density at radius 3 is 2.43 bits per heavy atom. The molecule has 0 saturated heterocycles. The molecule has 1 aromatic heterocycles.